The van der Waals surface area contributed by atoms with Crippen LogP contribution >= 0.6 is 11.3 Å². The summed E-state index contributed by atoms with van der Waals surface area (Å²) in [7, 11) is 3.39. The molecule has 1 aromatic heterocycles. The molecule has 0 saturated carbocycles. The Morgan fingerprint density at radius 2 is 2.11 bits per heavy atom. The number of aromatic nitrogens is 1. The predicted octanol–water partition coefficient (Wildman–Crippen LogP) is 1.69. The number of nitrogens with zero attached hydrogens (tertiary/aromatic N) is 2. The number of anilines is 1. The molecule has 1 unspecified atom stereocenters. The summed E-state index contributed by atoms with van der Waals surface area (Å²) in [5.74, 6) is 0. The van der Waals surface area contributed by atoms with Crippen LogP contribution in [-0.2, 0) is 22.5 Å². The highest BCUT2D eigenvalue weighted by Gasteiger charge is 2.19. The van der Waals surface area contributed by atoms with E-state index in [-0.39, 0.29) is 12.6 Å². The Labute approximate surface area is 119 Å². The number of aliphatic hydroxyl groups is 1. The maximum atomic E-state index is 9.37. The average molecular weight is 288 g/mol. The molecule has 19 heavy (non-hydrogen) atoms. The first-order valence-corrected chi connectivity index (χ1v) is 7.33. The van der Waals surface area contributed by atoms with Crippen molar-refractivity contribution >= 4 is 16.5 Å². The van der Waals surface area contributed by atoms with E-state index in [0.29, 0.717) is 13.2 Å². The first-order chi connectivity index (χ1) is 9.17. The molecule has 1 rings (SSSR count). The first-order valence-electron chi connectivity index (χ1n) is 6.51. The van der Waals surface area contributed by atoms with Crippen LogP contribution < -0.4 is 4.90 Å². The summed E-state index contributed by atoms with van der Waals surface area (Å²) in [6.45, 7) is 6.25. The lowest BCUT2D eigenvalue weighted by molar-refractivity contribution is 0.171. The van der Waals surface area contributed by atoms with E-state index in [1.165, 1.54) is 0 Å². The van der Waals surface area contributed by atoms with Crippen molar-refractivity contribution in [2.24, 2.45) is 0 Å². The molecule has 1 aromatic rings. The molecule has 0 radical (unpaired) electrons. The molecule has 1 heterocycles. The van der Waals surface area contributed by atoms with Crippen LogP contribution in [0.25, 0.3) is 0 Å². The Kier molecular flexibility index (Phi) is 7.30. The van der Waals surface area contributed by atoms with E-state index < -0.39 is 0 Å². The van der Waals surface area contributed by atoms with E-state index in [4.69, 9.17) is 9.47 Å². The second-order valence-corrected chi connectivity index (χ2v) is 5.43. The van der Waals surface area contributed by atoms with Gasteiger partial charge in [0, 0.05) is 20.8 Å². The number of rotatable bonds is 9. The molecule has 0 aromatic carbocycles. The molecule has 0 spiro atoms. The summed E-state index contributed by atoms with van der Waals surface area (Å²) in [5, 5.41) is 10.3. The topological polar surface area (TPSA) is 54.8 Å². The normalized spacial score (nSPS) is 12.7. The molecule has 0 saturated heterocycles. The second-order valence-electron chi connectivity index (χ2n) is 4.37. The fraction of sp³-hybridized carbons (Fsp3) is 0.769. The number of aliphatic hydroxyl groups excluding tert-OH is 1. The number of ether oxygens (including phenoxy) is 2. The highest BCUT2D eigenvalue weighted by Crippen LogP contribution is 2.28. The van der Waals surface area contributed by atoms with Crippen LogP contribution in [0.5, 0.6) is 0 Å². The fourth-order valence-electron chi connectivity index (χ4n) is 1.92. The summed E-state index contributed by atoms with van der Waals surface area (Å²) in [5.41, 5.74) is 0.981. The molecule has 0 amide bonds. The smallest absolute Gasteiger partial charge is 0.186 e. The quantitative estimate of drug-likeness (QED) is 0.749. The van der Waals surface area contributed by atoms with Crippen molar-refractivity contribution in [3.63, 3.8) is 0 Å². The Morgan fingerprint density at radius 3 is 2.58 bits per heavy atom. The van der Waals surface area contributed by atoms with Crippen LogP contribution in [-0.4, -0.2) is 50.1 Å². The maximum absolute atomic E-state index is 9.37. The molecule has 110 valence electrons. The number of aryl methyl sites for hydroxylation is 1. The van der Waals surface area contributed by atoms with Crippen molar-refractivity contribution in [2.45, 2.75) is 32.9 Å². The molecule has 1 atom stereocenters. The minimum atomic E-state index is 0.0532. The lowest BCUT2D eigenvalue weighted by Gasteiger charge is -2.28. The SMILES string of the molecule is CCc1nc(N(CCOC)C(C)COC)sc1CO. The van der Waals surface area contributed by atoms with Gasteiger partial charge in [-0.25, -0.2) is 4.98 Å². The lowest BCUT2D eigenvalue weighted by Crippen LogP contribution is -2.38. The highest BCUT2D eigenvalue weighted by molar-refractivity contribution is 7.15. The summed E-state index contributed by atoms with van der Waals surface area (Å²) in [6.07, 6.45) is 0.836. The van der Waals surface area contributed by atoms with Gasteiger partial charge in [-0.15, -0.1) is 0 Å². The first kappa shape index (κ1) is 16.4. The van der Waals surface area contributed by atoms with Crippen LogP contribution in [0.2, 0.25) is 0 Å². The van der Waals surface area contributed by atoms with Crippen LogP contribution in [0.4, 0.5) is 5.13 Å². The zero-order valence-electron chi connectivity index (χ0n) is 12.2. The van der Waals surface area contributed by atoms with Gasteiger partial charge in [0.2, 0.25) is 0 Å². The molecule has 0 bridgehead atoms. The van der Waals surface area contributed by atoms with Gasteiger partial charge in [0.15, 0.2) is 5.13 Å². The van der Waals surface area contributed by atoms with Gasteiger partial charge in [-0.05, 0) is 13.3 Å². The number of methoxy groups -OCH3 is 2. The lowest BCUT2D eigenvalue weighted by atomic mass is 10.3. The molecule has 0 aliphatic heterocycles. The molecular formula is C13H24N2O3S. The number of hydrogen-bond donors (Lipinski definition) is 1. The van der Waals surface area contributed by atoms with E-state index >= 15 is 0 Å². The summed E-state index contributed by atoms with van der Waals surface area (Å²) < 4.78 is 10.4. The van der Waals surface area contributed by atoms with Gasteiger partial charge in [0.05, 0.1) is 36.4 Å². The van der Waals surface area contributed by atoms with Crippen molar-refractivity contribution in [3.8, 4) is 0 Å². The number of hydrogen-bond acceptors (Lipinski definition) is 6. The van der Waals surface area contributed by atoms with Crippen LogP contribution in [0.15, 0.2) is 0 Å². The zero-order valence-corrected chi connectivity index (χ0v) is 13.0. The highest BCUT2D eigenvalue weighted by atomic mass is 32.1. The molecule has 0 aliphatic carbocycles. The summed E-state index contributed by atoms with van der Waals surface area (Å²) in [6, 6.07) is 0.225. The fourth-order valence-corrected chi connectivity index (χ4v) is 3.05. The van der Waals surface area contributed by atoms with Crippen molar-refractivity contribution in [2.75, 3.05) is 38.9 Å². The van der Waals surface area contributed by atoms with Crippen LogP contribution in [0.1, 0.15) is 24.4 Å². The van der Waals surface area contributed by atoms with Crippen molar-refractivity contribution in [3.05, 3.63) is 10.6 Å². The molecule has 5 nitrogen and oxygen atoms in total. The van der Waals surface area contributed by atoms with Gasteiger partial charge < -0.3 is 19.5 Å². The zero-order chi connectivity index (χ0) is 14.3. The Morgan fingerprint density at radius 1 is 1.37 bits per heavy atom. The largest absolute Gasteiger partial charge is 0.391 e. The van der Waals surface area contributed by atoms with Gasteiger partial charge in [-0.1, -0.05) is 18.3 Å². The van der Waals surface area contributed by atoms with Crippen LogP contribution in [0.3, 0.4) is 0 Å². The van der Waals surface area contributed by atoms with E-state index in [1.54, 1.807) is 25.6 Å². The minimum absolute atomic E-state index is 0.0532. The third-order valence-electron chi connectivity index (χ3n) is 2.97. The van der Waals surface area contributed by atoms with Crippen molar-refractivity contribution < 1.29 is 14.6 Å². The third-order valence-corrected chi connectivity index (χ3v) is 4.09. The third kappa shape index (κ3) is 4.42. The second kappa shape index (κ2) is 8.47. The standard InChI is InChI=1S/C13H24N2O3S/c1-5-11-12(8-16)19-13(14-11)15(6-7-17-3)10(2)9-18-4/h10,16H,5-9H2,1-4H3. The van der Waals surface area contributed by atoms with Gasteiger partial charge in [-0.2, -0.15) is 0 Å². The van der Waals surface area contributed by atoms with Gasteiger partial charge in [0.25, 0.3) is 0 Å². The summed E-state index contributed by atoms with van der Waals surface area (Å²) >= 11 is 1.55. The maximum Gasteiger partial charge on any atom is 0.186 e. The van der Waals surface area contributed by atoms with E-state index in [2.05, 4.69) is 23.7 Å². The molecule has 6 heteroatoms. The molecular weight excluding hydrogens is 264 g/mol. The van der Waals surface area contributed by atoms with Crippen LogP contribution in [0, 0.1) is 0 Å². The molecule has 1 N–H and O–H groups in total. The monoisotopic (exact) mass is 288 g/mol. The van der Waals surface area contributed by atoms with E-state index in [9.17, 15) is 5.11 Å². The Hall–Kier alpha value is -0.690. The average Bonchev–Trinajstić information content (AvgIpc) is 2.82. The predicted molar refractivity (Wildman–Crippen MR) is 78.0 cm³/mol. The van der Waals surface area contributed by atoms with Crippen molar-refractivity contribution in [1.82, 2.24) is 4.98 Å². The van der Waals surface area contributed by atoms with Gasteiger partial charge in [0.1, 0.15) is 0 Å². The summed E-state index contributed by atoms with van der Waals surface area (Å²) in [4.78, 5) is 7.75. The van der Waals surface area contributed by atoms with E-state index in [1.807, 2.05) is 0 Å². The Bertz CT molecular complexity index is 349. The molecule has 0 fully saturated rings. The minimum Gasteiger partial charge on any atom is -0.391 e. The van der Waals surface area contributed by atoms with E-state index in [0.717, 1.165) is 28.7 Å². The van der Waals surface area contributed by atoms with Crippen molar-refractivity contribution in [1.29, 1.82) is 0 Å². The number of thiazole rings is 1. The Balaban J connectivity index is 2.92. The van der Waals surface area contributed by atoms with Gasteiger partial charge >= 0.3 is 0 Å². The van der Waals surface area contributed by atoms with Gasteiger partial charge in [-0.3, -0.25) is 0 Å². The molecule has 0 aliphatic rings.